The summed E-state index contributed by atoms with van der Waals surface area (Å²) in [6, 6.07) is 5.99. The molecule has 0 saturated carbocycles. The monoisotopic (exact) mass is 280 g/mol. The van der Waals surface area contributed by atoms with Gasteiger partial charge in [-0.25, -0.2) is 0 Å². The molecule has 0 aliphatic heterocycles. The number of hydrogen-bond acceptors (Lipinski definition) is 3. The smallest absolute Gasteiger partial charge is 0.129 e. The lowest BCUT2D eigenvalue weighted by Gasteiger charge is -2.26. The summed E-state index contributed by atoms with van der Waals surface area (Å²) in [4.78, 5) is 2.67. The Morgan fingerprint density at radius 3 is 2.47 bits per heavy atom. The summed E-state index contributed by atoms with van der Waals surface area (Å²) < 4.78 is 5.27. The first-order chi connectivity index (χ1) is 8.73. The summed E-state index contributed by atoms with van der Waals surface area (Å²) >= 11 is 5.06. The van der Waals surface area contributed by atoms with Crippen LogP contribution in [0.1, 0.15) is 31.9 Å². The van der Waals surface area contributed by atoms with E-state index in [1.165, 1.54) is 5.56 Å². The Balaban J connectivity index is 2.85. The maximum atomic E-state index is 5.73. The largest absolute Gasteiger partial charge is 0.496 e. The SMILES string of the molecule is COc1ccc(CN(C)CC(C)(C)C)cc1C(N)=S. The fourth-order valence-corrected chi connectivity index (χ4v) is 2.38. The van der Waals surface area contributed by atoms with E-state index in [4.69, 9.17) is 22.7 Å². The first-order valence-electron chi connectivity index (χ1n) is 6.38. The molecule has 0 spiro atoms. The van der Waals surface area contributed by atoms with Gasteiger partial charge in [-0.05, 0) is 30.2 Å². The van der Waals surface area contributed by atoms with Crippen LogP contribution >= 0.6 is 12.2 Å². The van der Waals surface area contributed by atoms with Crippen LogP contribution in [0, 0.1) is 5.41 Å². The molecular weight excluding hydrogens is 256 g/mol. The highest BCUT2D eigenvalue weighted by molar-refractivity contribution is 7.80. The molecule has 1 rings (SSSR count). The molecule has 0 aromatic heterocycles. The molecule has 3 nitrogen and oxygen atoms in total. The van der Waals surface area contributed by atoms with Crippen molar-refractivity contribution in [1.29, 1.82) is 0 Å². The van der Waals surface area contributed by atoms with Gasteiger partial charge in [0.05, 0.1) is 12.7 Å². The number of methoxy groups -OCH3 is 1. The van der Waals surface area contributed by atoms with E-state index in [1.54, 1.807) is 7.11 Å². The Morgan fingerprint density at radius 2 is 2.00 bits per heavy atom. The first kappa shape index (κ1) is 15.9. The lowest BCUT2D eigenvalue weighted by atomic mass is 9.96. The summed E-state index contributed by atoms with van der Waals surface area (Å²) in [7, 11) is 3.75. The molecular formula is C15H24N2OS. The van der Waals surface area contributed by atoms with Crippen LogP contribution in [0.25, 0.3) is 0 Å². The van der Waals surface area contributed by atoms with E-state index in [9.17, 15) is 0 Å². The van der Waals surface area contributed by atoms with Gasteiger partial charge in [0, 0.05) is 13.1 Å². The van der Waals surface area contributed by atoms with Crippen molar-refractivity contribution in [3.63, 3.8) is 0 Å². The third-order valence-corrected chi connectivity index (χ3v) is 2.95. The molecule has 4 heteroatoms. The van der Waals surface area contributed by atoms with Crippen LogP contribution in [-0.4, -0.2) is 30.6 Å². The second kappa shape index (κ2) is 6.35. The Morgan fingerprint density at radius 1 is 1.37 bits per heavy atom. The second-order valence-corrected chi connectivity index (χ2v) is 6.57. The summed E-state index contributed by atoms with van der Waals surface area (Å²) in [5, 5.41) is 0. The Bertz CT molecular complexity index is 452. The van der Waals surface area contributed by atoms with E-state index < -0.39 is 0 Å². The van der Waals surface area contributed by atoms with Crippen molar-refractivity contribution in [2.75, 3.05) is 20.7 Å². The van der Waals surface area contributed by atoms with Gasteiger partial charge in [-0.3, -0.25) is 0 Å². The third-order valence-electron chi connectivity index (χ3n) is 2.73. The van der Waals surface area contributed by atoms with Crippen molar-refractivity contribution in [3.05, 3.63) is 29.3 Å². The molecule has 0 bridgehead atoms. The van der Waals surface area contributed by atoms with Gasteiger partial charge in [0.15, 0.2) is 0 Å². The molecule has 0 aliphatic rings. The number of nitrogens with two attached hydrogens (primary N) is 1. The van der Waals surface area contributed by atoms with Gasteiger partial charge in [0.25, 0.3) is 0 Å². The van der Waals surface area contributed by atoms with Crippen LogP contribution in [0.5, 0.6) is 5.75 Å². The number of rotatable bonds is 5. The predicted octanol–water partition coefficient (Wildman–Crippen LogP) is 2.81. The van der Waals surface area contributed by atoms with Crippen LogP contribution in [0.4, 0.5) is 0 Å². The van der Waals surface area contributed by atoms with Gasteiger partial charge >= 0.3 is 0 Å². The molecule has 0 heterocycles. The normalized spacial score (nSPS) is 11.7. The molecule has 0 saturated heterocycles. The summed E-state index contributed by atoms with van der Waals surface area (Å²) in [5.74, 6) is 0.731. The number of benzene rings is 1. The van der Waals surface area contributed by atoms with Crippen molar-refractivity contribution in [3.8, 4) is 5.75 Å². The highest BCUT2D eigenvalue weighted by Crippen LogP contribution is 2.21. The van der Waals surface area contributed by atoms with Crippen molar-refractivity contribution in [2.24, 2.45) is 11.1 Å². The molecule has 0 atom stereocenters. The van der Waals surface area contributed by atoms with E-state index in [2.05, 4.69) is 38.8 Å². The maximum Gasteiger partial charge on any atom is 0.129 e. The molecule has 0 aliphatic carbocycles. The lowest BCUT2D eigenvalue weighted by molar-refractivity contribution is 0.221. The quantitative estimate of drug-likeness (QED) is 0.842. The van der Waals surface area contributed by atoms with Crippen LogP contribution in [0.15, 0.2) is 18.2 Å². The number of thiocarbonyl (C=S) groups is 1. The van der Waals surface area contributed by atoms with E-state index in [0.717, 1.165) is 24.4 Å². The first-order valence-corrected chi connectivity index (χ1v) is 6.79. The standard InChI is InChI=1S/C15H24N2OS/c1-15(2,3)10-17(4)9-11-6-7-13(18-5)12(8-11)14(16)19/h6-8H,9-10H2,1-5H3,(H2,16,19). The number of nitrogens with zero attached hydrogens (tertiary/aromatic N) is 1. The van der Waals surface area contributed by atoms with E-state index in [1.807, 2.05) is 12.1 Å². The minimum Gasteiger partial charge on any atom is -0.496 e. The van der Waals surface area contributed by atoms with Crippen LogP contribution < -0.4 is 10.5 Å². The predicted molar refractivity (Wildman–Crippen MR) is 84.7 cm³/mol. The van der Waals surface area contributed by atoms with Crippen LogP contribution in [0.3, 0.4) is 0 Å². The molecule has 1 aromatic rings. The van der Waals surface area contributed by atoms with Gasteiger partial charge in [0.1, 0.15) is 10.7 Å². The fourth-order valence-electron chi connectivity index (χ4n) is 2.22. The molecule has 1 aromatic carbocycles. The summed E-state index contributed by atoms with van der Waals surface area (Å²) in [6.45, 7) is 8.60. The molecule has 0 amide bonds. The second-order valence-electron chi connectivity index (χ2n) is 6.13. The molecule has 0 fully saturated rings. The lowest BCUT2D eigenvalue weighted by Crippen LogP contribution is -2.29. The summed E-state index contributed by atoms with van der Waals surface area (Å²) in [6.07, 6.45) is 0. The average Bonchev–Trinajstić information content (AvgIpc) is 2.26. The Hall–Kier alpha value is -1.13. The van der Waals surface area contributed by atoms with E-state index >= 15 is 0 Å². The highest BCUT2D eigenvalue weighted by atomic mass is 32.1. The van der Waals surface area contributed by atoms with Crippen molar-refractivity contribution in [1.82, 2.24) is 4.90 Å². The van der Waals surface area contributed by atoms with Crippen LogP contribution in [0.2, 0.25) is 0 Å². The zero-order chi connectivity index (χ0) is 14.6. The van der Waals surface area contributed by atoms with E-state index in [0.29, 0.717) is 4.99 Å². The van der Waals surface area contributed by atoms with Gasteiger partial charge in [-0.2, -0.15) is 0 Å². The number of ether oxygens (including phenoxy) is 1. The molecule has 19 heavy (non-hydrogen) atoms. The zero-order valence-electron chi connectivity index (χ0n) is 12.5. The zero-order valence-corrected chi connectivity index (χ0v) is 13.3. The van der Waals surface area contributed by atoms with Gasteiger partial charge in [-0.15, -0.1) is 0 Å². The molecule has 0 radical (unpaired) electrons. The minimum atomic E-state index is 0.285. The van der Waals surface area contributed by atoms with Crippen molar-refractivity contribution in [2.45, 2.75) is 27.3 Å². The Labute approximate surface area is 121 Å². The topological polar surface area (TPSA) is 38.5 Å². The molecule has 106 valence electrons. The van der Waals surface area contributed by atoms with Gasteiger partial charge in [-0.1, -0.05) is 39.1 Å². The highest BCUT2D eigenvalue weighted by Gasteiger charge is 2.14. The van der Waals surface area contributed by atoms with Crippen LogP contribution in [-0.2, 0) is 6.54 Å². The fraction of sp³-hybridized carbons (Fsp3) is 0.533. The maximum absolute atomic E-state index is 5.73. The van der Waals surface area contributed by atoms with Crippen molar-refractivity contribution < 1.29 is 4.74 Å². The molecule has 2 N–H and O–H groups in total. The average molecular weight is 280 g/mol. The van der Waals surface area contributed by atoms with Crippen molar-refractivity contribution >= 4 is 17.2 Å². The third kappa shape index (κ3) is 5.17. The summed E-state index contributed by atoms with van der Waals surface area (Å²) in [5.41, 5.74) is 8.01. The van der Waals surface area contributed by atoms with E-state index in [-0.39, 0.29) is 5.41 Å². The van der Waals surface area contributed by atoms with Gasteiger partial charge < -0.3 is 15.4 Å². The van der Waals surface area contributed by atoms with Gasteiger partial charge in [0.2, 0.25) is 0 Å². The minimum absolute atomic E-state index is 0.285. The molecule has 0 unspecified atom stereocenters. The Kier molecular flexibility index (Phi) is 5.32. The number of hydrogen-bond donors (Lipinski definition) is 1.